The monoisotopic (exact) mass is 474 g/mol. The summed E-state index contributed by atoms with van der Waals surface area (Å²) in [6, 6.07) is 25.2. The molecule has 166 valence electrons. The summed E-state index contributed by atoms with van der Waals surface area (Å²) in [6.45, 7) is 0. The molecule has 5 rings (SSSR count). The van der Waals surface area contributed by atoms with Crippen molar-refractivity contribution in [2.75, 3.05) is 0 Å². The molecule has 0 aliphatic heterocycles. The number of pyridine rings is 1. The zero-order valence-electron chi connectivity index (χ0n) is 17.7. The lowest BCUT2D eigenvalue weighted by molar-refractivity contribution is 0.217. The molecule has 0 radical (unpaired) electrons. The normalized spacial score (nSPS) is 12.8. The van der Waals surface area contributed by atoms with Crippen LogP contribution in [-0.4, -0.2) is 22.5 Å². The first-order chi connectivity index (χ1) is 16.1. The average molecular weight is 475 g/mol. The van der Waals surface area contributed by atoms with E-state index in [0.717, 1.165) is 16.6 Å². The number of aliphatic hydroxyl groups is 1. The molecule has 0 fully saturated rings. The molecule has 5 aromatic rings. The highest BCUT2D eigenvalue weighted by Crippen LogP contribution is 2.38. The number of para-hydroxylation sites is 1. The van der Waals surface area contributed by atoms with E-state index in [9.17, 15) is 13.5 Å². The van der Waals surface area contributed by atoms with Crippen molar-refractivity contribution in [1.29, 1.82) is 0 Å². The highest BCUT2D eigenvalue weighted by Gasteiger charge is 2.31. The van der Waals surface area contributed by atoms with Gasteiger partial charge in [-0.05, 0) is 60.2 Å². The maximum absolute atomic E-state index is 13.9. The molecule has 5 nitrogen and oxygen atoms in total. The van der Waals surface area contributed by atoms with E-state index >= 15 is 0 Å². The van der Waals surface area contributed by atoms with Gasteiger partial charge in [0.15, 0.2) is 0 Å². The van der Waals surface area contributed by atoms with Gasteiger partial charge in [-0.25, -0.2) is 12.4 Å². The number of rotatable bonds is 7. The summed E-state index contributed by atoms with van der Waals surface area (Å²) in [5.41, 5.74) is 2.68. The summed E-state index contributed by atoms with van der Waals surface area (Å²) < 4.78 is 29.1. The van der Waals surface area contributed by atoms with Crippen molar-refractivity contribution < 1.29 is 13.5 Å². The molecule has 0 aliphatic carbocycles. The zero-order valence-corrected chi connectivity index (χ0v) is 19.3. The minimum atomic E-state index is -3.95. The van der Waals surface area contributed by atoms with Gasteiger partial charge < -0.3 is 5.11 Å². The Bertz CT molecular complexity index is 1480. The van der Waals surface area contributed by atoms with E-state index < -0.39 is 16.1 Å². The van der Waals surface area contributed by atoms with Crippen molar-refractivity contribution in [1.82, 2.24) is 8.96 Å². The van der Waals surface area contributed by atoms with Crippen molar-refractivity contribution in [2.24, 2.45) is 0 Å². The molecule has 0 amide bonds. The van der Waals surface area contributed by atoms with E-state index in [-0.39, 0.29) is 4.90 Å². The standard InChI is InChI=1S/C26H22N2O3S2/c29-26(24-14-8-18-32-24)25-22(16-15-19-9-6-7-17-27-19)21-12-4-5-13-23(21)28(25)33(30,31)20-10-2-1-3-11-20/h1-14,17-18,26,29H,15-16H2. The van der Waals surface area contributed by atoms with Gasteiger partial charge in [0.25, 0.3) is 10.0 Å². The number of hydrogen-bond donors (Lipinski definition) is 1. The molecular weight excluding hydrogens is 452 g/mol. The van der Waals surface area contributed by atoms with E-state index in [4.69, 9.17) is 0 Å². The van der Waals surface area contributed by atoms with Gasteiger partial charge in [-0.3, -0.25) is 4.98 Å². The molecule has 1 atom stereocenters. The highest BCUT2D eigenvalue weighted by atomic mass is 32.2. The van der Waals surface area contributed by atoms with Gasteiger partial charge in [0, 0.05) is 22.2 Å². The number of aryl methyl sites for hydroxylation is 2. The van der Waals surface area contributed by atoms with Crippen LogP contribution in [0.3, 0.4) is 0 Å². The number of aromatic nitrogens is 2. The second-order valence-corrected chi connectivity index (χ2v) is 10.5. The first kappa shape index (κ1) is 21.6. The number of hydrogen-bond acceptors (Lipinski definition) is 5. The van der Waals surface area contributed by atoms with E-state index in [1.807, 2.05) is 53.9 Å². The lowest BCUT2D eigenvalue weighted by Gasteiger charge is -2.17. The molecule has 1 unspecified atom stereocenters. The third-order valence-electron chi connectivity index (χ3n) is 5.69. The highest BCUT2D eigenvalue weighted by molar-refractivity contribution is 7.90. The smallest absolute Gasteiger partial charge is 0.268 e. The van der Waals surface area contributed by atoms with Gasteiger partial charge in [0.2, 0.25) is 0 Å². The van der Waals surface area contributed by atoms with E-state index in [2.05, 4.69) is 4.98 Å². The lowest BCUT2D eigenvalue weighted by Crippen LogP contribution is -2.19. The Hall–Kier alpha value is -3.26. The fourth-order valence-electron chi connectivity index (χ4n) is 4.17. The summed E-state index contributed by atoms with van der Waals surface area (Å²) in [4.78, 5) is 5.29. The summed E-state index contributed by atoms with van der Waals surface area (Å²) in [5, 5.41) is 14.2. The third-order valence-corrected chi connectivity index (χ3v) is 8.35. The van der Waals surface area contributed by atoms with Crippen LogP contribution in [-0.2, 0) is 22.9 Å². The molecule has 0 saturated carbocycles. The molecule has 0 bridgehead atoms. The van der Waals surface area contributed by atoms with Crippen molar-refractivity contribution >= 4 is 32.3 Å². The minimum Gasteiger partial charge on any atom is -0.381 e. The summed E-state index contributed by atoms with van der Waals surface area (Å²) in [5.74, 6) is 0. The first-order valence-electron chi connectivity index (χ1n) is 10.6. The van der Waals surface area contributed by atoms with Crippen LogP contribution in [0.25, 0.3) is 10.9 Å². The van der Waals surface area contributed by atoms with Crippen LogP contribution in [0.5, 0.6) is 0 Å². The van der Waals surface area contributed by atoms with Crippen LogP contribution >= 0.6 is 11.3 Å². The number of benzene rings is 2. The van der Waals surface area contributed by atoms with E-state index in [1.54, 1.807) is 42.6 Å². The molecule has 0 spiro atoms. The topological polar surface area (TPSA) is 72.2 Å². The quantitative estimate of drug-likeness (QED) is 0.352. The Labute approximate surface area is 196 Å². The summed E-state index contributed by atoms with van der Waals surface area (Å²) in [6.07, 6.45) is 1.85. The lowest BCUT2D eigenvalue weighted by atomic mass is 10.0. The van der Waals surface area contributed by atoms with Gasteiger partial charge in [-0.1, -0.05) is 48.5 Å². The Kier molecular flexibility index (Phi) is 5.85. The van der Waals surface area contributed by atoms with Crippen LogP contribution < -0.4 is 0 Å². The summed E-state index contributed by atoms with van der Waals surface area (Å²) >= 11 is 1.40. The number of fused-ring (bicyclic) bond motifs is 1. The van der Waals surface area contributed by atoms with Crippen LogP contribution in [0, 0.1) is 0 Å². The average Bonchev–Trinajstić information content (AvgIpc) is 3.50. The second kappa shape index (κ2) is 8.94. The fraction of sp³-hybridized carbons (Fsp3) is 0.115. The van der Waals surface area contributed by atoms with Crippen molar-refractivity contribution in [2.45, 2.75) is 23.8 Å². The van der Waals surface area contributed by atoms with Gasteiger partial charge in [0.1, 0.15) is 6.10 Å². The Morgan fingerprint density at radius 1 is 0.879 bits per heavy atom. The minimum absolute atomic E-state index is 0.182. The van der Waals surface area contributed by atoms with Crippen LogP contribution in [0.4, 0.5) is 0 Å². The predicted molar refractivity (Wildman–Crippen MR) is 131 cm³/mol. The molecule has 2 aromatic carbocycles. The van der Waals surface area contributed by atoms with Gasteiger partial charge >= 0.3 is 0 Å². The van der Waals surface area contributed by atoms with Crippen LogP contribution in [0.2, 0.25) is 0 Å². The van der Waals surface area contributed by atoms with Crippen LogP contribution in [0.15, 0.2) is 101 Å². The number of nitrogens with zero attached hydrogens (tertiary/aromatic N) is 2. The fourth-order valence-corrected chi connectivity index (χ4v) is 6.48. The first-order valence-corrected chi connectivity index (χ1v) is 12.9. The van der Waals surface area contributed by atoms with Crippen molar-refractivity contribution in [3.63, 3.8) is 0 Å². The summed E-state index contributed by atoms with van der Waals surface area (Å²) in [7, 11) is -3.95. The Morgan fingerprint density at radius 2 is 1.64 bits per heavy atom. The van der Waals surface area contributed by atoms with Crippen molar-refractivity contribution in [3.05, 3.63) is 118 Å². The number of thiophene rings is 1. The molecule has 3 aromatic heterocycles. The van der Waals surface area contributed by atoms with Gasteiger partial charge in [-0.2, -0.15) is 0 Å². The molecular formula is C26H22N2O3S2. The largest absolute Gasteiger partial charge is 0.381 e. The van der Waals surface area contributed by atoms with E-state index in [1.165, 1.54) is 15.3 Å². The molecule has 33 heavy (non-hydrogen) atoms. The number of aliphatic hydroxyl groups excluding tert-OH is 1. The molecule has 0 aliphatic rings. The van der Waals surface area contributed by atoms with E-state index in [0.29, 0.717) is 28.9 Å². The van der Waals surface area contributed by atoms with Gasteiger partial charge in [0.05, 0.1) is 16.1 Å². The molecule has 3 heterocycles. The SMILES string of the molecule is O=S(=O)(c1ccccc1)n1c(C(O)c2cccs2)c(CCc2ccccn2)c2ccccc21. The maximum Gasteiger partial charge on any atom is 0.268 e. The third kappa shape index (κ3) is 3.99. The van der Waals surface area contributed by atoms with Gasteiger partial charge in [-0.15, -0.1) is 11.3 Å². The Morgan fingerprint density at radius 3 is 2.36 bits per heavy atom. The molecule has 7 heteroatoms. The molecule has 0 saturated heterocycles. The second-order valence-electron chi connectivity index (χ2n) is 7.70. The predicted octanol–water partition coefficient (Wildman–Crippen LogP) is 5.20. The maximum atomic E-state index is 13.9. The zero-order chi connectivity index (χ0) is 22.8. The molecule has 1 N–H and O–H groups in total. The van der Waals surface area contributed by atoms with Crippen LogP contribution in [0.1, 0.15) is 27.9 Å². The Balaban J connectivity index is 1.76. The van der Waals surface area contributed by atoms with Crippen molar-refractivity contribution in [3.8, 4) is 0 Å².